The number of carbonyl (C=O) groups is 3. The molecule has 1 aromatic rings. The summed E-state index contributed by atoms with van der Waals surface area (Å²) in [5, 5.41) is 6.89. The Balaban J connectivity index is 1.76. The van der Waals surface area contributed by atoms with Gasteiger partial charge in [0.2, 0.25) is 0 Å². The number of carbonyl (C=O) groups excluding carboxylic acids is 3. The molecule has 2 rings (SSSR count). The number of alkyl carbamates (subject to hydrolysis) is 1. The van der Waals surface area contributed by atoms with Crippen LogP contribution in [0.3, 0.4) is 0 Å². The highest BCUT2D eigenvalue weighted by Crippen LogP contribution is 2.11. The van der Waals surface area contributed by atoms with E-state index in [1.54, 1.807) is 24.3 Å². The number of likely N-dealkylation sites (tertiary alicyclic amines) is 1. The molecule has 1 heterocycles. The largest absolute Gasteiger partial charge is 0.445 e. The highest BCUT2D eigenvalue weighted by molar-refractivity contribution is 7.87. The van der Waals surface area contributed by atoms with Crippen LogP contribution in [-0.4, -0.2) is 43.9 Å². The Bertz CT molecular complexity index is 720. The molecular weight excluding hydrogens is 328 g/mol. The van der Waals surface area contributed by atoms with Crippen molar-refractivity contribution in [2.75, 3.05) is 6.54 Å². The Morgan fingerprint density at radius 2 is 1.96 bits per heavy atom. The Hall–Kier alpha value is -2.66. The summed E-state index contributed by atoms with van der Waals surface area (Å²) in [7, 11) is -4.25. The summed E-state index contributed by atoms with van der Waals surface area (Å²) in [5.74, 6) is -0.761. The number of benzene rings is 1. The molecule has 0 aliphatic carbocycles. The van der Waals surface area contributed by atoms with Gasteiger partial charge in [-0.25, -0.2) is 19.5 Å². The molecule has 1 fully saturated rings. The lowest BCUT2D eigenvalue weighted by molar-refractivity contribution is -0.139. The number of β-lactam (4-membered cyclic amide) rings is 1. The molecule has 0 saturated carbocycles. The third-order valence-electron chi connectivity index (χ3n) is 2.91. The van der Waals surface area contributed by atoms with Crippen molar-refractivity contribution in [2.45, 2.75) is 12.6 Å². The summed E-state index contributed by atoms with van der Waals surface area (Å²) >= 11 is 0. The zero-order chi connectivity index (χ0) is 17.0. The van der Waals surface area contributed by atoms with Crippen molar-refractivity contribution >= 4 is 28.2 Å². The lowest BCUT2D eigenvalue weighted by atomic mass is 10.1. The van der Waals surface area contributed by atoms with E-state index in [1.807, 2.05) is 6.07 Å². The van der Waals surface area contributed by atoms with E-state index in [9.17, 15) is 22.8 Å². The van der Waals surface area contributed by atoms with E-state index >= 15 is 0 Å². The average Bonchev–Trinajstić information content (AvgIpc) is 2.47. The zero-order valence-corrected chi connectivity index (χ0v) is 12.6. The second kappa shape index (κ2) is 6.62. The molecule has 11 heteroatoms. The summed E-state index contributed by atoms with van der Waals surface area (Å²) in [6.07, 6.45) is -0.821. The smallest absolute Gasteiger partial charge is 0.408 e. The monoisotopic (exact) mass is 342 g/mol. The molecule has 1 saturated heterocycles. The van der Waals surface area contributed by atoms with Gasteiger partial charge in [0.1, 0.15) is 12.6 Å². The van der Waals surface area contributed by atoms with Crippen LogP contribution in [0.1, 0.15) is 5.56 Å². The summed E-state index contributed by atoms with van der Waals surface area (Å²) in [6, 6.07) is 6.79. The number of nitrogens with zero attached hydrogens (tertiary/aromatic N) is 1. The predicted octanol–water partition coefficient (Wildman–Crippen LogP) is -0.963. The van der Waals surface area contributed by atoms with Crippen LogP contribution in [0.4, 0.5) is 9.59 Å². The molecule has 1 atom stereocenters. The van der Waals surface area contributed by atoms with Gasteiger partial charge >= 0.3 is 12.1 Å². The molecule has 124 valence electrons. The minimum atomic E-state index is -4.25. The number of ether oxygens (including phenoxy) is 1. The molecule has 4 amide bonds. The van der Waals surface area contributed by atoms with E-state index in [-0.39, 0.29) is 13.2 Å². The van der Waals surface area contributed by atoms with Crippen LogP contribution < -0.4 is 15.2 Å². The van der Waals surface area contributed by atoms with Crippen LogP contribution >= 0.6 is 0 Å². The van der Waals surface area contributed by atoms with Gasteiger partial charge in [-0.3, -0.25) is 9.69 Å². The minimum absolute atomic E-state index is 0.0310. The molecule has 1 aliphatic heterocycles. The van der Waals surface area contributed by atoms with Crippen molar-refractivity contribution in [2.24, 2.45) is 5.14 Å². The number of nitrogens with two attached hydrogens (primary N) is 1. The second-order valence-corrected chi connectivity index (χ2v) is 5.95. The van der Waals surface area contributed by atoms with Crippen molar-refractivity contribution < 1.29 is 27.5 Å². The Kier molecular flexibility index (Phi) is 4.81. The molecule has 1 aromatic carbocycles. The van der Waals surface area contributed by atoms with E-state index in [0.717, 1.165) is 5.56 Å². The molecule has 0 radical (unpaired) electrons. The van der Waals surface area contributed by atoms with Crippen LogP contribution in [0.25, 0.3) is 0 Å². The minimum Gasteiger partial charge on any atom is -0.445 e. The van der Waals surface area contributed by atoms with Gasteiger partial charge in [0, 0.05) is 0 Å². The molecule has 10 nitrogen and oxygen atoms in total. The van der Waals surface area contributed by atoms with E-state index in [4.69, 9.17) is 4.74 Å². The highest BCUT2D eigenvalue weighted by Gasteiger charge is 2.42. The van der Waals surface area contributed by atoms with Crippen LogP contribution in [0.5, 0.6) is 0 Å². The number of urea groups is 1. The summed E-state index contributed by atoms with van der Waals surface area (Å²) in [5.41, 5.74) is 0.775. The Morgan fingerprint density at radius 3 is 2.52 bits per heavy atom. The van der Waals surface area contributed by atoms with Crippen molar-refractivity contribution in [3.8, 4) is 0 Å². The quantitative estimate of drug-likeness (QED) is 0.600. The van der Waals surface area contributed by atoms with Gasteiger partial charge in [-0.1, -0.05) is 30.3 Å². The standard InChI is InChI=1S/C12H14N4O6S/c13-23(20,21)15-11(18)16-6-9(10(16)17)14-12(19)22-7-8-4-2-1-3-5-8/h1-5,9H,6-7H2,(H,14,19)(H,15,18)(H2,13,20,21). The third-order valence-corrected chi connectivity index (χ3v) is 3.37. The van der Waals surface area contributed by atoms with Gasteiger partial charge in [0.15, 0.2) is 0 Å². The van der Waals surface area contributed by atoms with E-state index in [2.05, 4.69) is 10.5 Å². The molecule has 0 spiro atoms. The fourth-order valence-corrected chi connectivity index (χ4v) is 2.15. The average molecular weight is 342 g/mol. The Labute approximate surface area is 131 Å². The first-order valence-corrected chi connectivity index (χ1v) is 7.94. The fraction of sp³-hybridized carbons (Fsp3) is 0.250. The van der Waals surface area contributed by atoms with Crippen LogP contribution in [0, 0.1) is 0 Å². The van der Waals surface area contributed by atoms with Crippen LogP contribution in [0.2, 0.25) is 0 Å². The van der Waals surface area contributed by atoms with Gasteiger partial charge in [0.25, 0.3) is 16.1 Å². The number of hydrogen-bond acceptors (Lipinski definition) is 6. The van der Waals surface area contributed by atoms with Crippen molar-refractivity contribution in [3.63, 3.8) is 0 Å². The van der Waals surface area contributed by atoms with Gasteiger partial charge in [-0.05, 0) is 5.56 Å². The van der Waals surface area contributed by atoms with Gasteiger partial charge in [0.05, 0.1) is 6.54 Å². The maximum Gasteiger partial charge on any atom is 0.408 e. The number of nitrogens with one attached hydrogen (secondary N) is 2. The van der Waals surface area contributed by atoms with E-state index in [0.29, 0.717) is 4.90 Å². The molecule has 1 aliphatic rings. The zero-order valence-electron chi connectivity index (χ0n) is 11.8. The number of rotatable bonds is 4. The fourth-order valence-electron chi connectivity index (χ4n) is 1.80. The third kappa shape index (κ3) is 4.66. The number of imide groups is 1. The maximum absolute atomic E-state index is 11.7. The highest BCUT2D eigenvalue weighted by atomic mass is 32.2. The van der Waals surface area contributed by atoms with Crippen LogP contribution in [0.15, 0.2) is 30.3 Å². The normalized spacial score (nSPS) is 17.2. The summed E-state index contributed by atoms with van der Waals surface area (Å²) < 4.78 is 27.7. The first-order valence-electron chi connectivity index (χ1n) is 6.39. The lowest BCUT2D eigenvalue weighted by Gasteiger charge is -2.36. The van der Waals surface area contributed by atoms with Gasteiger partial charge in [-0.15, -0.1) is 0 Å². The van der Waals surface area contributed by atoms with Gasteiger partial charge in [-0.2, -0.15) is 8.42 Å². The first-order chi connectivity index (χ1) is 10.8. The predicted molar refractivity (Wildman–Crippen MR) is 76.9 cm³/mol. The summed E-state index contributed by atoms with van der Waals surface area (Å²) in [4.78, 5) is 35.2. The molecule has 1 unspecified atom stereocenters. The molecule has 23 heavy (non-hydrogen) atoms. The molecule has 0 aromatic heterocycles. The maximum atomic E-state index is 11.7. The molecular formula is C12H14N4O6S. The van der Waals surface area contributed by atoms with E-state index in [1.165, 1.54) is 4.72 Å². The topological polar surface area (TPSA) is 148 Å². The Morgan fingerprint density at radius 1 is 1.30 bits per heavy atom. The first kappa shape index (κ1) is 16.7. The molecule has 4 N–H and O–H groups in total. The van der Waals surface area contributed by atoms with Crippen molar-refractivity contribution in [1.29, 1.82) is 0 Å². The van der Waals surface area contributed by atoms with Crippen molar-refractivity contribution in [3.05, 3.63) is 35.9 Å². The SMILES string of the molecule is NS(=O)(=O)NC(=O)N1CC(NC(=O)OCc2ccccc2)C1=O. The van der Waals surface area contributed by atoms with Crippen molar-refractivity contribution in [1.82, 2.24) is 14.9 Å². The van der Waals surface area contributed by atoms with Crippen LogP contribution in [-0.2, 0) is 26.3 Å². The van der Waals surface area contributed by atoms with Gasteiger partial charge < -0.3 is 10.1 Å². The number of amides is 4. The summed E-state index contributed by atoms with van der Waals surface area (Å²) in [6.45, 7) is -0.149. The molecule has 0 bridgehead atoms. The number of hydrogen-bond donors (Lipinski definition) is 3. The second-order valence-electron chi connectivity index (χ2n) is 4.66. The lowest BCUT2D eigenvalue weighted by Crippen LogP contribution is -2.67. The van der Waals surface area contributed by atoms with E-state index < -0.39 is 34.3 Å².